The quantitative estimate of drug-likeness (QED) is 0.713. The normalized spacial score (nSPS) is 16.9. The van der Waals surface area contributed by atoms with Crippen LogP contribution in [-0.2, 0) is 11.8 Å². The van der Waals surface area contributed by atoms with Gasteiger partial charge in [0.25, 0.3) is 0 Å². The molecule has 2 rings (SSSR count). The molecule has 86 valence electrons. The molecule has 0 saturated carbocycles. The molecule has 0 saturated heterocycles. The lowest BCUT2D eigenvalue weighted by atomic mass is 10.1. The van der Waals surface area contributed by atoms with Crippen LogP contribution in [0.2, 0.25) is 0 Å². The van der Waals surface area contributed by atoms with Gasteiger partial charge in [-0.25, -0.2) is 5.01 Å². The summed E-state index contributed by atoms with van der Waals surface area (Å²) in [7, 11) is 1.85. The lowest BCUT2D eigenvalue weighted by molar-refractivity contribution is -0.133. The average molecular weight is 220 g/mol. The number of nitrogens with zero attached hydrogens (tertiary/aromatic N) is 4. The van der Waals surface area contributed by atoms with Crippen LogP contribution in [0.25, 0.3) is 0 Å². The maximum absolute atomic E-state index is 11.8. The van der Waals surface area contributed by atoms with Crippen LogP contribution in [0.15, 0.2) is 17.5 Å². The largest absolute Gasteiger partial charge is 0.275 e. The molecule has 1 aromatic heterocycles. The van der Waals surface area contributed by atoms with Crippen LogP contribution >= 0.6 is 0 Å². The maximum atomic E-state index is 11.8. The lowest BCUT2D eigenvalue weighted by Crippen LogP contribution is -2.38. The van der Waals surface area contributed by atoms with Crippen LogP contribution in [-0.4, -0.2) is 31.9 Å². The van der Waals surface area contributed by atoms with Crippen molar-refractivity contribution in [3.63, 3.8) is 0 Å². The molecule has 0 unspecified atom stereocenters. The van der Waals surface area contributed by atoms with Gasteiger partial charge in [-0.15, -0.1) is 0 Å². The molecule has 2 heterocycles. The third-order valence-electron chi connectivity index (χ3n) is 2.45. The third-order valence-corrected chi connectivity index (χ3v) is 2.45. The molecule has 0 bridgehead atoms. The summed E-state index contributed by atoms with van der Waals surface area (Å²) in [6.45, 7) is 5.92. The Morgan fingerprint density at radius 1 is 1.38 bits per heavy atom. The van der Waals surface area contributed by atoms with Crippen molar-refractivity contribution in [2.24, 2.45) is 12.1 Å². The van der Waals surface area contributed by atoms with Gasteiger partial charge in [-0.1, -0.05) is 0 Å². The first-order valence-corrected chi connectivity index (χ1v) is 5.27. The molecular formula is C11H16N4O. The molecule has 1 aromatic rings. The summed E-state index contributed by atoms with van der Waals surface area (Å²) in [6.07, 6.45) is 3.97. The number of hydrogen-bond acceptors (Lipinski definition) is 3. The minimum atomic E-state index is -0.263. The summed E-state index contributed by atoms with van der Waals surface area (Å²) < 4.78 is 1.71. The zero-order valence-electron chi connectivity index (χ0n) is 10.1. The number of hydrogen-bond donors (Lipinski definition) is 0. The fourth-order valence-electron chi connectivity index (χ4n) is 1.68. The van der Waals surface area contributed by atoms with Gasteiger partial charge in [0.1, 0.15) is 0 Å². The van der Waals surface area contributed by atoms with Gasteiger partial charge in [-0.2, -0.15) is 10.2 Å². The monoisotopic (exact) mass is 220 g/mol. The van der Waals surface area contributed by atoms with Crippen molar-refractivity contribution in [1.29, 1.82) is 0 Å². The number of carbonyl (C=O) groups excluding carboxylic acids is 1. The van der Waals surface area contributed by atoms with Gasteiger partial charge in [-0.3, -0.25) is 9.48 Å². The van der Waals surface area contributed by atoms with E-state index in [1.54, 1.807) is 15.9 Å². The lowest BCUT2D eigenvalue weighted by Gasteiger charge is -2.27. The van der Waals surface area contributed by atoms with E-state index in [9.17, 15) is 4.79 Å². The number of amides is 1. The summed E-state index contributed by atoms with van der Waals surface area (Å²) in [4.78, 5) is 11.8. The highest BCUT2D eigenvalue weighted by atomic mass is 16.2. The molecule has 5 heteroatoms. The smallest absolute Gasteiger partial charge is 0.249 e. The molecule has 0 atom stereocenters. The van der Waals surface area contributed by atoms with Gasteiger partial charge < -0.3 is 0 Å². The van der Waals surface area contributed by atoms with E-state index in [1.165, 1.54) is 0 Å². The van der Waals surface area contributed by atoms with E-state index in [-0.39, 0.29) is 11.4 Å². The number of aryl methyl sites for hydroxylation is 1. The summed E-state index contributed by atoms with van der Waals surface area (Å²) in [5.41, 5.74) is 1.46. The van der Waals surface area contributed by atoms with Crippen LogP contribution in [0.5, 0.6) is 0 Å². The van der Waals surface area contributed by atoms with Gasteiger partial charge in [0.2, 0.25) is 5.91 Å². The van der Waals surface area contributed by atoms with Crippen molar-refractivity contribution >= 4 is 11.6 Å². The molecule has 16 heavy (non-hydrogen) atoms. The molecule has 0 spiro atoms. The molecule has 0 fully saturated rings. The SMILES string of the molecule is Cn1cc(C2=NN(C(C)(C)C)C(=O)C2)cn1. The standard InChI is InChI=1S/C11H16N4O/c1-11(2,3)15-10(16)5-9(13-15)8-6-12-14(4)7-8/h6-7H,5H2,1-4H3. The highest BCUT2D eigenvalue weighted by molar-refractivity contribution is 6.13. The van der Waals surface area contributed by atoms with E-state index in [0.717, 1.165) is 11.3 Å². The van der Waals surface area contributed by atoms with Crippen molar-refractivity contribution in [2.75, 3.05) is 0 Å². The van der Waals surface area contributed by atoms with E-state index in [2.05, 4.69) is 10.2 Å². The first kappa shape index (κ1) is 10.9. The molecule has 0 aromatic carbocycles. The van der Waals surface area contributed by atoms with E-state index < -0.39 is 0 Å². The predicted molar refractivity (Wildman–Crippen MR) is 61.0 cm³/mol. The number of rotatable bonds is 1. The van der Waals surface area contributed by atoms with Crippen LogP contribution < -0.4 is 0 Å². The van der Waals surface area contributed by atoms with Crippen LogP contribution in [0.1, 0.15) is 32.8 Å². The second kappa shape index (κ2) is 3.43. The first-order chi connectivity index (χ1) is 7.38. The minimum absolute atomic E-state index is 0.0475. The summed E-state index contributed by atoms with van der Waals surface area (Å²) in [6, 6.07) is 0. The Morgan fingerprint density at radius 2 is 2.06 bits per heavy atom. The Labute approximate surface area is 94.7 Å². The zero-order valence-corrected chi connectivity index (χ0v) is 10.1. The van der Waals surface area contributed by atoms with Gasteiger partial charge >= 0.3 is 0 Å². The maximum Gasteiger partial charge on any atom is 0.249 e. The Kier molecular flexibility index (Phi) is 2.33. The van der Waals surface area contributed by atoms with Crippen molar-refractivity contribution in [2.45, 2.75) is 32.7 Å². The fourth-order valence-corrected chi connectivity index (χ4v) is 1.68. The Morgan fingerprint density at radius 3 is 2.50 bits per heavy atom. The second-order valence-electron chi connectivity index (χ2n) is 5.00. The second-order valence-corrected chi connectivity index (χ2v) is 5.00. The Hall–Kier alpha value is -1.65. The van der Waals surface area contributed by atoms with Crippen molar-refractivity contribution < 1.29 is 4.79 Å². The number of carbonyl (C=O) groups is 1. The highest BCUT2D eigenvalue weighted by Gasteiger charge is 2.33. The topological polar surface area (TPSA) is 50.5 Å². The van der Waals surface area contributed by atoms with E-state index in [4.69, 9.17) is 0 Å². The van der Waals surface area contributed by atoms with E-state index in [0.29, 0.717) is 6.42 Å². The van der Waals surface area contributed by atoms with Crippen molar-refractivity contribution in [3.8, 4) is 0 Å². The molecule has 0 radical (unpaired) electrons. The van der Waals surface area contributed by atoms with Crippen molar-refractivity contribution in [3.05, 3.63) is 18.0 Å². The summed E-state index contributed by atoms with van der Waals surface area (Å²) in [5.74, 6) is 0.0475. The van der Waals surface area contributed by atoms with Crippen molar-refractivity contribution in [1.82, 2.24) is 14.8 Å². The van der Waals surface area contributed by atoms with Gasteiger partial charge in [0, 0.05) is 18.8 Å². The molecule has 0 N–H and O–H groups in total. The highest BCUT2D eigenvalue weighted by Crippen LogP contribution is 2.22. The van der Waals surface area contributed by atoms with Gasteiger partial charge in [0.05, 0.1) is 23.9 Å². The number of hydrazone groups is 1. The average Bonchev–Trinajstić information content (AvgIpc) is 2.70. The molecule has 5 nitrogen and oxygen atoms in total. The molecule has 1 amide bonds. The molecular weight excluding hydrogens is 204 g/mol. The van der Waals surface area contributed by atoms with Gasteiger partial charge in [0.15, 0.2) is 0 Å². The summed E-state index contributed by atoms with van der Waals surface area (Å²) in [5, 5.41) is 10.0. The van der Waals surface area contributed by atoms with E-state index >= 15 is 0 Å². The van der Waals surface area contributed by atoms with Crippen LogP contribution in [0.4, 0.5) is 0 Å². The van der Waals surface area contributed by atoms with Crippen LogP contribution in [0.3, 0.4) is 0 Å². The fraction of sp³-hybridized carbons (Fsp3) is 0.545. The Bertz CT molecular complexity index is 453. The van der Waals surface area contributed by atoms with Crippen LogP contribution in [0, 0.1) is 0 Å². The molecule has 1 aliphatic heterocycles. The number of aromatic nitrogens is 2. The predicted octanol–water partition coefficient (Wildman–Crippen LogP) is 1.16. The first-order valence-electron chi connectivity index (χ1n) is 5.27. The molecule has 1 aliphatic rings. The minimum Gasteiger partial charge on any atom is -0.275 e. The Balaban J connectivity index is 2.30. The van der Waals surface area contributed by atoms with E-state index in [1.807, 2.05) is 34.0 Å². The third kappa shape index (κ3) is 1.85. The zero-order chi connectivity index (χ0) is 11.9. The van der Waals surface area contributed by atoms with Gasteiger partial charge in [-0.05, 0) is 20.8 Å². The summed E-state index contributed by atoms with van der Waals surface area (Å²) >= 11 is 0. The molecule has 0 aliphatic carbocycles.